The quantitative estimate of drug-likeness (QED) is 0.753. The minimum absolute atomic E-state index is 0.0922. The summed E-state index contributed by atoms with van der Waals surface area (Å²) in [5.74, 6) is 0.200. The SMILES string of the molecule is CCc1cccc2c1C(=O)C1=C(CCCC1)C2=O. The zero-order valence-corrected chi connectivity index (χ0v) is 10.6. The Morgan fingerprint density at radius 3 is 2.33 bits per heavy atom. The van der Waals surface area contributed by atoms with Crippen LogP contribution in [-0.4, -0.2) is 11.6 Å². The van der Waals surface area contributed by atoms with Crippen molar-refractivity contribution in [3.63, 3.8) is 0 Å². The number of hydrogen-bond acceptors (Lipinski definition) is 2. The summed E-state index contributed by atoms with van der Waals surface area (Å²) in [7, 11) is 0. The lowest BCUT2D eigenvalue weighted by atomic mass is 9.76. The van der Waals surface area contributed by atoms with Crippen molar-refractivity contribution in [2.24, 2.45) is 0 Å². The van der Waals surface area contributed by atoms with Crippen LogP contribution in [0.1, 0.15) is 58.9 Å². The van der Waals surface area contributed by atoms with Crippen LogP contribution < -0.4 is 0 Å². The van der Waals surface area contributed by atoms with Crippen LogP contribution in [0.15, 0.2) is 29.3 Å². The number of carbonyl (C=O) groups excluding carboxylic acids is 2. The lowest BCUT2D eigenvalue weighted by Crippen LogP contribution is -2.25. The van der Waals surface area contributed by atoms with E-state index >= 15 is 0 Å². The highest BCUT2D eigenvalue weighted by Crippen LogP contribution is 2.36. The van der Waals surface area contributed by atoms with Crippen molar-refractivity contribution >= 4 is 11.6 Å². The molecule has 0 aliphatic heterocycles. The molecule has 2 heteroatoms. The van der Waals surface area contributed by atoms with Gasteiger partial charge in [-0.15, -0.1) is 0 Å². The standard InChI is InChI=1S/C16H16O2/c1-2-10-6-5-9-13-14(10)16(18)12-8-4-3-7-11(12)15(13)17/h5-6,9H,2-4,7-8H2,1H3. The van der Waals surface area contributed by atoms with Gasteiger partial charge in [-0.25, -0.2) is 0 Å². The van der Waals surface area contributed by atoms with Crippen molar-refractivity contribution in [2.75, 3.05) is 0 Å². The van der Waals surface area contributed by atoms with Gasteiger partial charge in [0, 0.05) is 22.3 Å². The van der Waals surface area contributed by atoms with Gasteiger partial charge in [-0.1, -0.05) is 25.1 Å². The molecular weight excluding hydrogens is 224 g/mol. The van der Waals surface area contributed by atoms with Crippen molar-refractivity contribution < 1.29 is 9.59 Å². The van der Waals surface area contributed by atoms with Crippen LogP contribution >= 0.6 is 0 Å². The highest BCUT2D eigenvalue weighted by atomic mass is 16.1. The minimum Gasteiger partial charge on any atom is -0.289 e. The molecular formula is C16H16O2. The van der Waals surface area contributed by atoms with E-state index in [1.807, 2.05) is 19.1 Å². The number of rotatable bonds is 1. The van der Waals surface area contributed by atoms with E-state index in [0.717, 1.165) is 48.8 Å². The second-order valence-electron chi connectivity index (χ2n) is 5.02. The Kier molecular flexibility index (Phi) is 2.66. The molecule has 0 unspecified atom stereocenters. The van der Waals surface area contributed by atoms with Gasteiger partial charge in [-0.05, 0) is 37.7 Å². The molecule has 0 saturated heterocycles. The molecule has 0 saturated carbocycles. The number of benzene rings is 1. The zero-order chi connectivity index (χ0) is 12.7. The molecule has 0 fully saturated rings. The summed E-state index contributed by atoms with van der Waals surface area (Å²) in [4.78, 5) is 25.0. The molecule has 2 aliphatic rings. The number of fused-ring (bicyclic) bond motifs is 1. The Morgan fingerprint density at radius 2 is 1.67 bits per heavy atom. The maximum absolute atomic E-state index is 12.6. The van der Waals surface area contributed by atoms with E-state index in [0.29, 0.717) is 11.1 Å². The predicted molar refractivity (Wildman–Crippen MR) is 70.0 cm³/mol. The van der Waals surface area contributed by atoms with Crippen LogP contribution in [0.5, 0.6) is 0 Å². The molecule has 0 aromatic heterocycles. The molecule has 0 heterocycles. The fourth-order valence-electron chi connectivity index (χ4n) is 3.07. The second kappa shape index (κ2) is 4.20. The lowest BCUT2D eigenvalue weighted by Gasteiger charge is -2.25. The monoisotopic (exact) mass is 240 g/mol. The second-order valence-corrected chi connectivity index (χ2v) is 5.02. The van der Waals surface area contributed by atoms with E-state index in [4.69, 9.17) is 0 Å². The average Bonchev–Trinajstić information content (AvgIpc) is 2.44. The Bertz CT molecular complexity index is 579. The van der Waals surface area contributed by atoms with E-state index in [9.17, 15) is 9.59 Å². The van der Waals surface area contributed by atoms with Gasteiger partial charge in [-0.2, -0.15) is 0 Å². The van der Waals surface area contributed by atoms with Gasteiger partial charge in [0.15, 0.2) is 11.6 Å². The Hall–Kier alpha value is -1.70. The first-order valence-electron chi connectivity index (χ1n) is 6.67. The lowest BCUT2D eigenvalue weighted by molar-refractivity contribution is 0.0963. The molecule has 1 aromatic carbocycles. The summed E-state index contributed by atoms with van der Waals surface area (Å²) >= 11 is 0. The molecule has 18 heavy (non-hydrogen) atoms. The first-order chi connectivity index (χ1) is 8.74. The molecule has 2 nitrogen and oxygen atoms in total. The van der Waals surface area contributed by atoms with Crippen LogP contribution in [0.3, 0.4) is 0 Å². The molecule has 0 bridgehead atoms. The number of allylic oxidation sites excluding steroid dienone is 2. The van der Waals surface area contributed by atoms with Gasteiger partial charge in [0.05, 0.1) is 0 Å². The predicted octanol–water partition coefficient (Wildman–Crippen LogP) is 3.50. The summed E-state index contributed by atoms with van der Waals surface area (Å²) in [5, 5.41) is 0. The van der Waals surface area contributed by atoms with Crippen LogP contribution in [0, 0.1) is 0 Å². The highest BCUT2D eigenvalue weighted by molar-refractivity contribution is 6.27. The molecule has 2 aliphatic carbocycles. The first-order valence-corrected chi connectivity index (χ1v) is 6.67. The molecule has 0 N–H and O–H groups in total. The van der Waals surface area contributed by atoms with Crippen molar-refractivity contribution in [1.29, 1.82) is 0 Å². The van der Waals surface area contributed by atoms with Crippen molar-refractivity contribution in [1.82, 2.24) is 0 Å². The van der Waals surface area contributed by atoms with Crippen molar-refractivity contribution in [3.05, 3.63) is 46.0 Å². The normalized spacial score (nSPS) is 18.7. The summed E-state index contributed by atoms with van der Waals surface area (Å²) in [6.07, 6.45) is 4.40. The Morgan fingerprint density at radius 1 is 1.00 bits per heavy atom. The smallest absolute Gasteiger partial charge is 0.190 e. The Balaban J connectivity index is 2.23. The van der Waals surface area contributed by atoms with Gasteiger partial charge in [0.1, 0.15) is 0 Å². The van der Waals surface area contributed by atoms with Crippen LogP contribution in [0.2, 0.25) is 0 Å². The van der Waals surface area contributed by atoms with Crippen molar-refractivity contribution in [2.45, 2.75) is 39.0 Å². The maximum atomic E-state index is 12.6. The van der Waals surface area contributed by atoms with Gasteiger partial charge in [-0.3, -0.25) is 9.59 Å². The summed E-state index contributed by atoms with van der Waals surface area (Å²) < 4.78 is 0. The van der Waals surface area contributed by atoms with Crippen LogP contribution in [0.25, 0.3) is 0 Å². The van der Waals surface area contributed by atoms with E-state index in [1.165, 1.54) is 0 Å². The number of aryl methyl sites for hydroxylation is 1. The molecule has 1 aromatic rings. The molecule has 3 rings (SSSR count). The largest absolute Gasteiger partial charge is 0.289 e. The van der Waals surface area contributed by atoms with Crippen molar-refractivity contribution in [3.8, 4) is 0 Å². The van der Waals surface area contributed by atoms with Gasteiger partial charge in [0.25, 0.3) is 0 Å². The number of hydrogen-bond donors (Lipinski definition) is 0. The molecule has 0 radical (unpaired) electrons. The van der Waals surface area contributed by atoms with E-state index in [-0.39, 0.29) is 11.6 Å². The van der Waals surface area contributed by atoms with Crippen LogP contribution in [0.4, 0.5) is 0 Å². The fourth-order valence-corrected chi connectivity index (χ4v) is 3.07. The number of ketones is 2. The maximum Gasteiger partial charge on any atom is 0.190 e. The third kappa shape index (κ3) is 1.48. The third-order valence-corrected chi connectivity index (χ3v) is 4.02. The summed E-state index contributed by atoms with van der Waals surface area (Å²) in [6.45, 7) is 2.03. The van der Waals surface area contributed by atoms with E-state index < -0.39 is 0 Å². The van der Waals surface area contributed by atoms with E-state index in [1.54, 1.807) is 6.07 Å². The highest BCUT2D eigenvalue weighted by Gasteiger charge is 2.34. The van der Waals surface area contributed by atoms with Crippen LogP contribution in [-0.2, 0) is 6.42 Å². The van der Waals surface area contributed by atoms with Gasteiger partial charge < -0.3 is 0 Å². The molecule has 92 valence electrons. The molecule has 0 spiro atoms. The summed E-state index contributed by atoms with van der Waals surface area (Å²) in [5.41, 5.74) is 3.88. The van der Waals surface area contributed by atoms with Gasteiger partial charge >= 0.3 is 0 Å². The molecule has 0 amide bonds. The van der Waals surface area contributed by atoms with Gasteiger partial charge in [0.2, 0.25) is 0 Å². The average molecular weight is 240 g/mol. The fraction of sp³-hybridized carbons (Fsp3) is 0.375. The summed E-state index contributed by atoms with van der Waals surface area (Å²) in [6, 6.07) is 5.64. The molecule has 0 atom stereocenters. The Labute approximate surface area is 107 Å². The first kappa shape index (κ1) is 11.4. The topological polar surface area (TPSA) is 34.1 Å². The number of carbonyl (C=O) groups is 2. The minimum atomic E-state index is 0.0922. The van der Waals surface area contributed by atoms with E-state index in [2.05, 4.69) is 0 Å². The number of Topliss-reactive ketones (excluding diaryl/α,β-unsaturated/α-hetero) is 2. The third-order valence-electron chi connectivity index (χ3n) is 4.02. The zero-order valence-electron chi connectivity index (χ0n) is 10.6.